The van der Waals surface area contributed by atoms with Crippen LogP contribution in [-0.4, -0.2) is 42.8 Å². The van der Waals surface area contributed by atoms with E-state index in [1.807, 2.05) is 37.3 Å². The zero-order valence-corrected chi connectivity index (χ0v) is 18.6. The number of halogens is 1. The van der Waals surface area contributed by atoms with Gasteiger partial charge < -0.3 is 19.5 Å². The fraction of sp³-hybridized carbons (Fsp3) is 0.458. The van der Waals surface area contributed by atoms with E-state index in [4.69, 9.17) is 25.8 Å². The fourth-order valence-corrected chi connectivity index (χ4v) is 5.06. The summed E-state index contributed by atoms with van der Waals surface area (Å²) in [6.07, 6.45) is 3.78. The zero-order chi connectivity index (χ0) is 21.6. The van der Waals surface area contributed by atoms with Crippen molar-refractivity contribution in [1.82, 2.24) is 10.2 Å². The average Bonchev–Trinajstić information content (AvgIpc) is 3.16. The van der Waals surface area contributed by atoms with Crippen molar-refractivity contribution in [2.75, 3.05) is 20.4 Å². The molecule has 2 aliphatic heterocycles. The smallest absolute Gasteiger partial charge is 0.255 e. The molecule has 6 nitrogen and oxygen atoms in total. The molecule has 1 aliphatic carbocycles. The van der Waals surface area contributed by atoms with E-state index in [0.717, 1.165) is 49.1 Å². The molecule has 0 radical (unpaired) electrons. The largest absolute Gasteiger partial charge is 0.485 e. The Hall–Kier alpha value is -2.44. The van der Waals surface area contributed by atoms with E-state index in [1.165, 1.54) is 0 Å². The number of benzene rings is 2. The number of ether oxygens (including phenoxy) is 3. The van der Waals surface area contributed by atoms with Crippen LogP contribution < -0.4 is 19.5 Å². The fourth-order valence-electron chi connectivity index (χ4n) is 4.84. The Labute approximate surface area is 187 Å². The molecule has 164 valence electrons. The Bertz CT molecular complexity index is 1020. The van der Waals surface area contributed by atoms with Crippen LogP contribution in [0.1, 0.15) is 47.2 Å². The van der Waals surface area contributed by atoms with E-state index in [9.17, 15) is 4.79 Å². The van der Waals surface area contributed by atoms with Crippen LogP contribution in [0.4, 0.5) is 0 Å². The molecule has 0 aromatic heterocycles. The number of amides is 1. The van der Waals surface area contributed by atoms with Crippen molar-refractivity contribution < 1.29 is 19.0 Å². The van der Waals surface area contributed by atoms with E-state index in [1.54, 1.807) is 0 Å². The number of nitrogens with one attached hydrogen (secondary N) is 1. The molecule has 5 rings (SSSR count). The lowest BCUT2D eigenvalue weighted by molar-refractivity contribution is 0.00884. The van der Waals surface area contributed by atoms with Crippen molar-refractivity contribution in [3.05, 3.63) is 52.0 Å². The van der Waals surface area contributed by atoms with Crippen molar-refractivity contribution in [3.63, 3.8) is 0 Å². The maximum absolute atomic E-state index is 12.5. The summed E-state index contributed by atoms with van der Waals surface area (Å²) in [5.74, 6) is 2.11. The molecule has 2 aromatic rings. The summed E-state index contributed by atoms with van der Waals surface area (Å²) < 4.78 is 17.4. The van der Waals surface area contributed by atoms with Crippen LogP contribution >= 0.6 is 11.6 Å². The molecule has 2 aromatic carbocycles. The van der Waals surface area contributed by atoms with Crippen LogP contribution in [0.3, 0.4) is 0 Å². The summed E-state index contributed by atoms with van der Waals surface area (Å²) in [5, 5.41) is 3.78. The van der Waals surface area contributed by atoms with Crippen molar-refractivity contribution in [2.45, 2.75) is 50.8 Å². The normalized spacial score (nSPS) is 24.5. The highest BCUT2D eigenvalue weighted by Gasteiger charge is 2.41. The number of carbonyl (C=O) groups excluding carboxylic acids is 1. The third kappa shape index (κ3) is 3.94. The van der Waals surface area contributed by atoms with Gasteiger partial charge in [-0.25, -0.2) is 0 Å². The lowest BCUT2D eigenvalue weighted by Crippen LogP contribution is -2.50. The van der Waals surface area contributed by atoms with Crippen LogP contribution in [-0.2, 0) is 6.54 Å². The van der Waals surface area contributed by atoms with Gasteiger partial charge in [0.05, 0.1) is 12.1 Å². The maximum Gasteiger partial charge on any atom is 0.255 e. The van der Waals surface area contributed by atoms with Gasteiger partial charge in [-0.15, -0.1) is 0 Å². The molecule has 1 fully saturated rings. The summed E-state index contributed by atoms with van der Waals surface area (Å²) in [7, 11) is 2.14. The van der Waals surface area contributed by atoms with Crippen molar-refractivity contribution in [1.29, 1.82) is 0 Å². The van der Waals surface area contributed by atoms with Crippen LogP contribution in [0, 0.1) is 6.92 Å². The first-order chi connectivity index (χ1) is 14.9. The molecule has 0 bridgehead atoms. The third-order valence-electron chi connectivity index (χ3n) is 6.73. The molecule has 1 spiro atoms. The maximum atomic E-state index is 12.5. The van der Waals surface area contributed by atoms with Gasteiger partial charge in [-0.3, -0.25) is 9.69 Å². The van der Waals surface area contributed by atoms with Gasteiger partial charge in [0.1, 0.15) is 11.4 Å². The molecule has 1 N–H and O–H groups in total. The molecule has 0 unspecified atom stereocenters. The second kappa shape index (κ2) is 7.92. The molecule has 0 saturated heterocycles. The van der Waals surface area contributed by atoms with Gasteiger partial charge in [-0.05, 0) is 63.4 Å². The van der Waals surface area contributed by atoms with E-state index >= 15 is 0 Å². The highest BCUT2D eigenvalue weighted by atomic mass is 35.5. The summed E-state index contributed by atoms with van der Waals surface area (Å²) in [6, 6.07) is 10.1. The summed E-state index contributed by atoms with van der Waals surface area (Å²) in [5.41, 5.74) is 2.38. The van der Waals surface area contributed by atoms with Crippen molar-refractivity contribution in [2.24, 2.45) is 0 Å². The molecule has 1 amide bonds. The van der Waals surface area contributed by atoms with E-state index in [-0.39, 0.29) is 18.3 Å². The second-order valence-electron chi connectivity index (χ2n) is 8.91. The number of nitrogens with zero attached hydrogens (tertiary/aromatic N) is 1. The Morgan fingerprint density at radius 2 is 1.87 bits per heavy atom. The summed E-state index contributed by atoms with van der Waals surface area (Å²) >= 11 is 6.48. The van der Waals surface area contributed by atoms with Gasteiger partial charge in [-0.1, -0.05) is 23.2 Å². The topological polar surface area (TPSA) is 60.0 Å². The van der Waals surface area contributed by atoms with Gasteiger partial charge >= 0.3 is 0 Å². The predicted octanol–water partition coefficient (Wildman–Crippen LogP) is 4.31. The Kier molecular flexibility index (Phi) is 5.22. The first-order valence-electron chi connectivity index (χ1n) is 10.8. The van der Waals surface area contributed by atoms with E-state index in [0.29, 0.717) is 34.7 Å². The van der Waals surface area contributed by atoms with Gasteiger partial charge in [-0.2, -0.15) is 0 Å². The van der Waals surface area contributed by atoms with Crippen LogP contribution in [0.25, 0.3) is 0 Å². The Balaban J connectivity index is 1.26. The monoisotopic (exact) mass is 442 g/mol. The third-order valence-corrected chi connectivity index (χ3v) is 7.08. The van der Waals surface area contributed by atoms with Crippen LogP contribution in [0.5, 0.6) is 17.2 Å². The lowest BCUT2D eigenvalue weighted by atomic mass is 9.81. The zero-order valence-electron chi connectivity index (χ0n) is 17.9. The molecular formula is C24H27ClN2O4. The van der Waals surface area contributed by atoms with Crippen molar-refractivity contribution >= 4 is 17.5 Å². The number of rotatable bonds is 3. The second-order valence-corrected chi connectivity index (χ2v) is 9.32. The minimum Gasteiger partial charge on any atom is -0.485 e. The summed E-state index contributed by atoms with van der Waals surface area (Å²) in [4.78, 5) is 14.9. The quantitative estimate of drug-likeness (QED) is 0.767. The number of carbonyl (C=O) groups is 1. The Morgan fingerprint density at radius 3 is 2.65 bits per heavy atom. The SMILES string of the molecule is Cc1ccc2c(c1)C(=O)NCC1(CCC(N(C)Cc3cc4c(cc3Cl)OCO4)CC1)O2. The Morgan fingerprint density at radius 1 is 1.13 bits per heavy atom. The first-order valence-corrected chi connectivity index (χ1v) is 11.2. The average molecular weight is 443 g/mol. The number of hydrogen-bond donors (Lipinski definition) is 1. The number of aryl methyl sites for hydroxylation is 1. The van der Waals surface area contributed by atoms with Gasteiger partial charge in [0.25, 0.3) is 5.91 Å². The van der Waals surface area contributed by atoms with Crippen LogP contribution in [0.15, 0.2) is 30.3 Å². The molecule has 7 heteroatoms. The number of fused-ring (bicyclic) bond motifs is 2. The molecule has 1 saturated carbocycles. The lowest BCUT2D eigenvalue weighted by Gasteiger charge is -2.42. The minimum absolute atomic E-state index is 0.0488. The molecule has 31 heavy (non-hydrogen) atoms. The van der Waals surface area contributed by atoms with E-state index < -0.39 is 0 Å². The predicted molar refractivity (Wildman–Crippen MR) is 118 cm³/mol. The molecule has 2 heterocycles. The highest BCUT2D eigenvalue weighted by molar-refractivity contribution is 6.31. The standard InChI is InChI=1S/C24H27ClN2O4/c1-15-3-4-20-18(9-15)23(28)26-13-24(31-20)7-5-17(6-8-24)27(2)12-16-10-21-22(11-19(16)25)30-14-29-21/h3-4,9-11,17H,5-8,12-14H2,1-2H3,(H,26,28). The van der Waals surface area contributed by atoms with Gasteiger partial charge in [0, 0.05) is 23.7 Å². The van der Waals surface area contributed by atoms with Gasteiger partial charge in [0.15, 0.2) is 11.5 Å². The molecule has 0 atom stereocenters. The molecular weight excluding hydrogens is 416 g/mol. The van der Waals surface area contributed by atoms with E-state index in [2.05, 4.69) is 17.3 Å². The van der Waals surface area contributed by atoms with Crippen LogP contribution in [0.2, 0.25) is 5.02 Å². The minimum atomic E-state index is -0.343. The molecule has 3 aliphatic rings. The highest BCUT2D eigenvalue weighted by Crippen LogP contribution is 2.40. The van der Waals surface area contributed by atoms with Gasteiger partial charge in [0.2, 0.25) is 6.79 Å². The first kappa shape index (κ1) is 20.5. The van der Waals surface area contributed by atoms with Crippen molar-refractivity contribution in [3.8, 4) is 17.2 Å². The summed E-state index contributed by atoms with van der Waals surface area (Å²) in [6.45, 7) is 3.52. The number of hydrogen-bond acceptors (Lipinski definition) is 5.